The molecular formula is C12H21N3S. The summed E-state index contributed by atoms with van der Waals surface area (Å²) in [5.41, 5.74) is 0. The monoisotopic (exact) mass is 239 g/mol. The Bertz CT molecular complexity index is 318. The second-order valence-corrected chi connectivity index (χ2v) is 5.76. The van der Waals surface area contributed by atoms with Gasteiger partial charge in [0.25, 0.3) is 0 Å². The maximum atomic E-state index is 4.31. The molecule has 1 aromatic rings. The summed E-state index contributed by atoms with van der Waals surface area (Å²) >= 11 is 1.78. The summed E-state index contributed by atoms with van der Waals surface area (Å²) in [6, 6.07) is 0.347. The Morgan fingerprint density at radius 1 is 1.38 bits per heavy atom. The predicted molar refractivity (Wildman–Crippen MR) is 67.7 cm³/mol. The molecule has 0 spiro atoms. The topological polar surface area (TPSA) is 37.8 Å². The summed E-state index contributed by atoms with van der Waals surface area (Å²) in [6.45, 7) is 5.26. The number of hydrogen-bond acceptors (Lipinski definition) is 4. The highest BCUT2D eigenvalue weighted by molar-refractivity contribution is 7.11. The quantitative estimate of drug-likeness (QED) is 0.858. The van der Waals surface area contributed by atoms with Gasteiger partial charge in [-0.05, 0) is 19.4 Å². The van der Waals surface area contributed by atoms with Crippen LogP contribution >= 0.6 is 11.3 Å². The van der Waals surface area contributed by atoms with Gasteiger partial charge in [-0.15, -0.1) is 10.2 Å². The fraction of sp³-hybridized carbons (Fsp3) is 0.833. The normalized spacial score (nSPS) is 19.1. The van der Waals surface area contributed by atoms with E-state index in [1.165, 1.54) is 30.7 Å². The highest BCUT2D eigenvalue weighted by Crippen LogP contribution is 2.29. The van der Waals surface area contributed by atoms with Crippen molar-refractivity contribution in [2.75, 3.05) is 6.54 Å². The van der Waals surface area contributed by atoms with Crippen LogP contribution in [0, 0.1) is 5.92 Å². The predicted octanol–water partition coefficient (Wildman–Crippen LogP) is 2.94. The van der Waals surface area contributed by atoms with Gasteiger partial charge in [0.1, 0.15) is 10.0 Å². The lowest BCUT2D eigenvalue weighted by Gasteiger charge is -2.07. The molecule has 0 amide bonds. The van der Waals surface area contributed by atoms with Crippen molar-refractivity contribution in [3.63, 3.8) is 0 Å². The molecule has 4 heteroatoms. The van der Waals surface area contributed by atoms with E-state index in [2.05, 4.69) is 29.4 Å². The van der Waals surface area contributed by atoms with E-state index >= 15 is 0 Å². The zero-order valence-corrected chi connectivity index (χ0v) is 11.0. The molecule has 3 nitrogen and oxygen atoms in total. The molecule has 0 bridgehead atoms. The smallest absolute Gasteiger partial charge is 0.134 e. The zero-order chi connectivity index (χ0) is 11.4. The van der Waals surface area contributed by atoms with Crippen LogP contribution in [0.15, 0.2) is 0 Å². The van der Waals surface area contributed by atoms with Crippen molar-refractivity contribution in [2.45, 2.75) is 52.0 Å². The summed E-state index contributed by atoms with van der Waals surface area (Å²) in [5, 5.41) is 14.3. The summed E-state index contributed by atoms with van der Waals surface area (Å²) in [4.78, 5) is 0. The van der Waals surface area contributed by atoms with Gasteiger partial charge in [0.15, 0.2) is 0 Å². The van der Waals surface area contributed by atoms with Gasteiger partial charge in [0.05, 0.1) is 6.04 Å². The SMILES string of the molecule is CCNC(C)c1nnc(CC2CCCC2)s1. The molecule has 1 saturated carbocycles. The average Bonchev–Trinajstić information content (AvgIpc) is 2.90. The Hall–Kier alpha value is -0.480. The van der Waals surface area contributed by atoms with E-state index in [1.807, 2.05) is 0 Å². The lowest BCUT2D eigenvalue weighted by molar-refractivity contribution is 0.542. The van der Waals surface area contributed by atoms with Crippen LogP contribution in [0.4, 0.5) is 0 Å². The van der Waals surface area contributed by atoms with Crippen LogP contribution in [0.1, 0.15) is 55.6 Å². The van der Waals surface area contributed by atoms with Crippen molar-refractivity contribution in [3.8, 4) is 0 Å². The van der Waals surface area contributed by atoms with Crippen LogP contribution in [0.25, 0.3) is 0 Å². The number of nitrogens with one attached hydrogen (secondary N) is 1. The van der Waals surface area contributed by atoms with Gasteiger partial charge in [-0.2, -0.15) is 0 Å². The van der Waals surface area contributed by atoms with E-state index in [0.717, 1.165) is 23.9 Å². The highest BCUT2D eigenvalue weighted by atomic mass is 32.1. The first-order chi connectivity index (χ1) is 7.79. The van der Waals surface area contributed by atoms with Gasteiger partial charge in [-0.25, -0.2) is 0 Å². The van der Waals surface area contributed by atoms with Crippen molar-refractivity contribution in [3.05, 3.63) is 10.0 Å². The third-order valence-corrected chi connectivity index (χ3v) is 4.43. The van der Waals surface area contributed by atoms with E-state index in [9.17, 15) is 0 Å². The standard InChI is InChI=1S/C12H21N3S/c1-3-13-9(2)12-15-14-11(16-12)8-10-6-4-5-7-10/h9-10,13H,3-8H2,1-2H3. The first-order valence-corrected chi connectivity index (χ1v) is 7.17. The molecule has 16 heavy (non-hydrogen) atoms. The molecule has 0 saturated heterocycles. The first kappa shape index (κ1) is 12.0. The minimum atomic E-state index is 0.347. The Morgan fingerprint density at radius 3 is 2.81 bits per heavy atom. The summed E-state index contributed by atoms with van der Waals surface area (Å²) in [7, 11) is 0. The summed E-state index contributed by atoms with van der Waals surface area (Å²) in [6.07, 6.45) is 6.74. The first-order valence-electron chi connectivity index (χ1n) is 6.35. The van der Waals surface area contributed by atoms with Crippen molar-refractivity contribution < 1.29 is 0 Å². The van der Waals surface area contributed by atoms with E-state index in [0.29, 0.717) is 6.04 Å². The minimum absolute atomic E-state index is 0.347. The van der Waals surface area contributed by atoms with Crippen LogP contribution in [0.5, 0.6) is 0 Å². The van der Waals surface area contributed by atoms with Gasteiger partial charge in [-0.1, -0.05) is 43.9 Å². The van der Waals surface area contributed by atoms with E-state index in [-0.39, 0.29) is 0 Å². The largest absolute Gasteiger partial charge is 0.308 e. The van der Waals surface area contributed by atoms with Gasteiger partial charge in [-0.3, -0.25) is 0 Å². The van der Waals surface area contributed by atoms with Gasteiger partial charge < -0.3 is 5.32 Å². The van der Waals surface area contributed by atoms with Crippen LogP contribution in [-0.4, -0.2) is 16.7 Å². The molecule has 0 aromatic carbocycles. The molecule has 1 aliphatic carbocycles. The average molecular weight is 239 g/mol. The molecule has 1 aromatic heterocycles. The molecule has 2 rings (SSSR count). The Kier molecular flexibility index (Phi) is 4.29. The Balaban J connectivity index is 1.90. The van der Waals surface area contributed by atoms with Crippen molar-refractivity contribution in [1.82, 2.24) is 15.5 Å². The van der Waals surface area contributed by atoms with Crippen molar-refractivity contribution >= 4 is 11.3 Å². The second kappa shape index (κ2) is 5.73. The number of hydrogen-bond donors (Lipinski definition) is 1. The second-order valence-electron chi connectivity index (χ2n) is 4.67. The van der Waals surface area contributed by atoms with Crippen molar-refractivity contribution in [1.29, 1.82) is 0 Å². The number of aromatic nitrogens is 2. The fourth-order valence-electron chi connectivity index (χ4n) is 2.38. The number of nitrogens with zero attached hydrogens (tertiary/aromatic N) is 2. The molecule has 0 aliphatic heterocycles. The van der Waals surface area contributed by atoms with Crippen LogP contribution in [0.3, 0.4) is 0 Å². The molecule has 90 valence electrons. The molecule has 1 unspecified atom stereocenters. The van der Waals surface area contributed by atoms with Crippen LogP contribution in [0.2, 0.25) is 0 Å². The third kappa shape index (κ3) is 3.01. The van der Waals surface area contributed by atoms with E-state index in [4.69, 9.17) is 0 Å². The maximum Gasteiger partial charge on any atom is 0.134 e. The third-order valence-electron chi connectivity index (χ3n) is 3.30. The van der Waals surface area contributed by atoms with Crippen LogP contribution in [-0.2, 0) is 6.42 Å². The molecule has 1 atom stereocenters. The Morgan fingerprint density at radius 2 is 2.12 bits per heavy atom. The van der Waals surface area contributed by atoms with E-state index < -0.39 is 0 Å². The molecule has 1 heterocycles. The molecule has 1 fully saturated rings. The molecule has 1 aliphatic rings. The summed E-state index contributed by atoms with van der Waals surface area (Å²) < 4.78 is 0. The Labute approximate surface area is 102 Å². The zero-order valence-electron chi connectivity index (χ0n) is 10.2. The maximum absolute atomic E-state index is 4.31. The summed E-state index contributed by atoms with van der Waals surface area (Å²) in [5.74, 6) is 0.871. The fourth-order valence-corrected chi connectivity index (χ4v) is 3.36. The molecule has 1 N–H and O–H groups in total. The lowest BCUT2D eigenvalue weighted by atomic mass is 10.1. The molecule has 0 radical (unpaired) electrons. The minimum Gasteiger partial charge on any atom is -0.308 e. The van der Waals surface area contributed by atoms with Crippen molar-refractivity contribution in [2.24, 2.45) is 5.92 Å². The van der Waals surface area contributed by atoms with Gasteiger partial charge >= 0.3 is 0 Å². The highest BCUT2D eigenvalue weighted by Gasteiger charge is 2.18. The van der Waals surface area contributed by atoms with Crippen LogP contribution < -0.4 is 5.32 Å². The van der Waals surface area contributed by atoms with Gasteiger partial charge in [0, 0.05) is 6.42 Å². The van der Waals surface area contributed by atoms with E-state index in [1.54, 1.807) is 11.3 Å². The molecular weight excluding hydrogens is 218 g/mol. The lowest BCUT2D eigenvalue weighted by Crippen LogP contribution is -2.17. The number of rotatable bonds is 5. The van der Waals surface area contributed by atoms with Gasteiger partial charge in [0.2, 0.25) is 0 Å².